The van der Waals surface area contributed by atoms with Gasteiger partial charge in [-0.25, -0.2) is 0 Å². The van der Waals surface area contributed by atoms with Crippen LogP contribution in [-0.2, 0) is 21.5 Å². The van der Waals surface area contributed by atoms with Gasteiger partial charge in [-0.2, -0.15) is 8.42 Å². The lowest BCUT2D eigenvalue weighted by molar-refractivity contribution is -0.134. The molecule has 8 heteroatoms. The number of benzene rings is 2. The van der Waals surface area contributed by atoms with Crippen molar-refractivity contribution >= 4 is 16.0 Å². The van der Waals surface area contributed by atoms with Gasteiger partial charge in [0.1, 0.15) is 10.6 Å². The Morgan fingerprint density at radius 3 is 2.19 bits per heavy atom. The fraction of sp³-hybridized carbons (Fsp3) is 0.458. The van der Waals surface area contributed by atoms with Crippen molar-refractivity contribution in [2.75, 3.05) is 14.2 Å². The van der Waals surface area contributed by atoms with E-state index >= 15 is 0 Å². The molecule has 2 aromatic rings. The molecule has 0 saturated heterocycles. The van der Waals surface area contributed by atoms with Crippen LogP contribution in [0.3, 0.4) is 0 Å². The lowest BCUT2D eigenvalue weighted by Gasteiger charge is -2.27. The molecule has 174 valence electrons. The molecule has 0 atom stereocenters. The molecule has 0 heterocycles. The van der Waals surface area contributed by atoms with E-state index in [-0.39, 0.29) is 28.0 Å². The summed E-state index contributed by atoms with van der Waals surface area (Å²) in [5.74, 6) is 1.03. The maximum Gasteiger partial charge on any atom is 0.339 e. The van der Waals surface area contributed by atoms with Gasteiger partial charge in [-0.15, -0.1) is 0 Å². The number of ether oxygens (including phenoxy) is 2. The topological polar surface area (TPSA) is 82.1 Å². The highest BCUT2D eigenvalue weighted by atomic mass is 32.2. The van der Waals surface area contributed by atoms with Crippen molar-refractivity contribution in [3.63, 3.8) is 0 Å². The zero-order valence-corrected chi connectivity index (χ0v) is 20.1. The van der Waals surface area contributed by atoms with Crippen LogP contribution in [-0.4, -0.2) is 39.5 Å². The minimum Gasteiger partial charge on any atom is -0.497 e. The summed E-state index contributed by atoms with van der Waals surface area (Å²) >= 11 is 0. The number of hydrogen-bond donors (Lipinski definition) is 0. The molecule has 0 unspecified atom stereocenters. The van der Waals surface area contributed by atoms with Gasteiger partial charge in [-0.05, 0) is 60.2 Å². The number of hydrogen-bond acceptors (Lipinski definition) is 6. The summed E-state index contributed by atoms with van der Waals surface area (Å²) in [4.78, 5) is 14.8. The van der Waals surface area contributed by atoms with Crippen LogP contribution in [0, 0.1) is 5.41 Å². The van der Waals surface area contributed by atoms with Crippen molar-refractivity contribution in [3.05, 3.63) is 48.0 Å². The highest BCUT2D eigenvalue weighted by molar-refractivity contribution is 7.87. The van der Waals surface area contributed by atoms with Crippen LogP contribution >= 0.6 is 0 Å². The van der Waals surface area contributed by atoms with Gasteiger partial charge in [-0.1, -0.05) is 26.8 Å². The third kappa shape index (κ3) is 6.16. The maximum atomic E-state index is 12.9. The Kier molecular flexibility index (Phi) is 7.03. The van der Waals surface area contributed by atoms with Gasteiger partial charge in [0, 0.05) is 19.0 Å². The van der Waals surface area contributed by atoms with E-state index < -0.39 is 10.1 Å². The van der Waals surface area contributed by atoms with E-state index in [1.54, 1.807) is 24.3 Å². The summed E-state index contributed by atoms with van der Waals surface area (Å²) in [6.07, 6.45) is 2.43. The fourth-order valence-electron chi connectivity index (χ4n) is 3.35. The smallest absolute Gasteiger partial charge is 0.339 e. The molecular formula is C24H31NO6S. The predicted molar refractivity (Wildman–Crippen MR) is 121 cm³/mol. The molecule has 1 aliphatic rings. The molecule has 0 spiro atoms. The summed E-state index contributed by atoms with van der Waals surface area (Å²) in [7, 11) is -1.12. The SMILES string of the molecule is COc1ccc(S(=O)(=O)Oc2cc(CN(C(=O)CC(C)(C)C)C3CC3)ccc2OC)cc1. The monoisotopic (exact) mass is 461 g/mol. The second-order valence-corrected chi connectivity index (χ2v) is 10.7. The van der Waals surface area contributed by atoms with Crippen LogP contribution < -0.4 is 13.7 Å². The van der Waals surface area contributed by atoms with E-state index in [9.17, 15) is 13.2 Å². The van der Waals surface area contributed by atoms with Crippen LogP contribution in [0.1, 0.15) is 45.6 Å². The second kappa shape index (κ2) is 9.40. The average molecular weight is 462 g/mol. The number of amides is 1. The number of rotatable bonds is 9. The van der Waals surface area contributed by atoms with E-state index in [4.69, 9.17) is 13.7 Å². The number of carbonyl (C=O) groups excluding carboxylic acids is 1. The summed E-state index contributed by atoms with van der Waals surface area (Å²) in [5.41, 5.74) is 0.671. The molecule has 0 bridgehead atoms. The van der Waals surface area contributed by atoms with Crippen LogP contribution in [0.2, 0.25) is 0 Å². The number of methoxy groups -OCH3 is 2. The van der Waals surface area contributed by atoms with Crippen LogP contribution in [0.25, 0.3) is 0 Å². The lowest BCUT2D eigenvalue weighted by Crippen LogP contribution is -2.34. The average Bonchev–Trinajstić information content (AvgIpc) is 3.56. The maximum absolute atomic E-state index is 12.9. The van der Waals surface area contributed by atoms with Crippen molar-refractivity contribution in [1.29, 1.82) is 0 Å². The largest absolute Gasteiger partial charge is 0.497 e. The first kappa shape index (κ1) is 23.9. The van der Waals surface area contributed by atoms with Gasteiger partial charge in [0.25, 0.3) is 0 Å². The highest BCUT2D eigenvalue weighted by Gasteiger charge is 2.34. The molecular weight excluding hydrogens is 430 g/mol. The molecule has 0 aliphatic heterocycles. The number of nitrogens with zero attached hydrogens (tertiary/aromatic N) is 1. The van der Waals surface area contributed by atoms with E-state index in [2.05, 4.69) is 0 Å². The van der Waals surface area contributed by atoms with Crippen molar-refractivity contribution < 1.29 is 26.9 Å². The first-order valence-electron chi connectivity index (χ1n) is 10.6. The summed E-state index contributed by atoms with van der Waals surface area (Å²) in [6, 6.07) is 11.3. The van der Waals surface area contributed by atoms with Gasteiger partial charge in [-0.3, -0.25) is 4.79 Å². The normalized spacial score (nSPS) is 14.0. The molecule has 7 nitrogen and oxygen atoms in total. The van der Waals surface area contributed by atoms with Crippen molar-refractivity contribution in [3.8, 4) is 17.2 Å². The van der Waals surface area contributed by atoms with Crippen molar-refractivity contribution in [2.24, 2.45) is 5.41 Å². The van der Waals surface area contributed by atoms with E-state index in [1.165, 1.54) is 26.4 Å². The molecule has 0 aromatic heterocycles. The molecule has 1 saturated carbocycles. The molecule has 2 aromatic carbocycles. The fourth-order valence-corrected chi connectivity index (χ4v) is 4.28. The summed E-state index contributed by atoms with van der Waals surface area (Å²) < 4.78 is 41.4. The van der Waals surface area contributed by atoms with Crippen LogP contribution in [0.4, 0.5) is 0 Å². The minimum absolute atomic E-state index is 0.00529. The lowest BCUT2D eigenvalue weighted by atomic mass is 9.91. The Hall–Kier alpha value is -2.74. The van der Waals surface area contributed by atoms with Crippen molar-refractivity contribution in [2.45, 2.75) is 57.5 Å². The van der Waals surface area contributed by atoms with Gasteiger partial charge in [0.15, 0.2) is 11.5 Å². The molecule has 1 amide bonds. The predicted octanol–water partition coefficient (Wildman–Crippen LogP) is 4.40. The van der Waals surface area contributed by atoms with Gasteiger partial charge < -0.3 is 18.6 Å². The van der Waals surface area contributed by atoms with Crippen molar-refractivity contribution in [1.82, 2.24) is 4.90 Å². The van der Waals surface area contributed by atoms with Crippen LogP contribution in [0.5, 0.6) is 17.2 Å². The molecule has 0 radical (unpaired) electrons. The van der Waals surface area contributed by atoms with Gasteiger partial charge in [0.05, 0.1) is 14.2 Å². The highest BCUT2D eigenvalue weighted by Crippen LogP contribution is 2.35. The minimum atomic E-state index is -4.08. The summed E-state index contributed by atoms with van der Waals surface area (Å²) in [6.45, 7) is 6.51. The number of carbonyl (C=O) groups is 1. The van der Waals surface area contributed by atoms with Gasteiger partial charge >= 0.3 is 10.1 Å². The molecule has 0 N–H and O–H groups in total. The Balaban J connectivity index is 1.83. The second-order valence-electron chi connectivity index (χ2n) is 9.19. The Morgan fingerprint density at radius 2 is 1.66 bits per heavy atom. The van der Waals surface area contributed by atoms with E-state index in [0.29, 0.717) is 24.5 Å². The van der Waals surface area contributed by atoms with E-state index in [0.717, 1.165) is 18.4 Å². The molecule has 1 fully saturated rings. The third-order valence-corrected chi connectivity index (χ3v) is 6.37. The third-order valence-electron chi connectivity index (χ3n) is 5.12. The van der Waals surface area contributed by atoms with E-state index in [1.807, 2.05) is 31.7 Å². The quantitative estimate of drug-likeness (QED) is 0.515. The Bertz CT molecular complexity index is 1050. The Morgan fingerprint density at radius 1 is 1.00 bits per heavy atom. The first-order chi connectivity index (χ1) is 15.0. The molecule has 1 aliphatic carbocycles. The Labute approximate surface area is 190 Å². The van der Waals surface area contributed by atoms with Gasteiger partial charge in [0.2, 0.25) is 5.91 Å². The zero-order valence-electron chi connectivity index (χ0n) is 19.3. The first-order valence-corrected chi connectivity index (χ1v) is 12.0. The molecule has 3 rings (SSSR count). The summed E-state index contributed by atoms with van der Waals surface area (Å²) in [5, 5.41) is 0. The zero-order chi connectivity index (χ0) is 23.5. The van der Waals surface area contributed by atoms with Crippen LogP contribution in [0.15, 0.2) is 47.4 Å². The molecule has 32 heavy (non-hydrogen) atoms. The standard InChI is InChI=1S/C24H31NO6S/c1-24(2,3)15-23(26)25(18-7-8-18)16-17-6-13-21(30-5)22(14-17)31-32(27,28)20-11-9-19(29-4)10-12-20/h6,9-14,18H,7-8,15-16H2,1-5H3.